The van der Waals surface area contributed by atoms with Crippen LogP contribution < -0.4 is 10.2 Å². The second-order valence-corrected chi connectivity index (χ2v) is 6.40. The molecule has 5 heteroatoms. The van der Waals surface area contributed by atoms with Gasteiger partial charge in [-0.3, -0.25) is 4.90 Å². The lowest BCUT2D eigenvalue weighted by Crippen LogP contribution is -2.32. The number of para-hydroxylation sites is 2. The van der Waals surface area contributed by atoms with Crippen molar-refractivity contribution in [3.63, 3.8) is 0 Å². The molecule has 0 bridgehead atoms. The number of hydrogen-bond acceptors (Lipinski definition) is 2. The van der Waals surface area contributed by atoms with Crippen LogP contribution in [0.2, 0.25) is 0 Å². The van der Waals surface area contributed by atoms with Crippen LogP contribution in [0, 0.1) is 5.82 Å². The Morgan fingerprint density at radius 3 is 2.12 bits per heavy atom. The fraction of sp³-hybridized carbons (Fsp3) is 0. The van der Waals surface area contributed by atoms with Gasteiger partial charge in [-0.15, -0.1) is 0 Å². The number of urea groups is 1. The number of rotatable bonds is 1. The number of carbonyl (C=O) groups is 1. The first-order valence-electron chi connectivity index (χ1n) is 7.45. The van der Waals surface area contributed by atoms with Crippen LogP contribution in [0.1, 0.15) is 0 Å². The maximum atomic E-state index is 13.4. The molecule has 24 heavy (non-hydrogen) atoms. The number of anilines is 3. The van der Waals surface area contributed by atoms with Gasteiger partial charge >= 0.3 is 6.03 Å². The molecule has 1 heterocycles. The molecular formula is C19H13FN2OS. The molecule has 0 atom stereocenters. The van der Waals surface area contributed by atoms with Crippen molar-refractivity contribution < 1.29 is 9.18 Å². The Bertz CT molecular complexity index is 883. The van der Waals surface area contributed by atoms with Crippen molar-refractivity contribution >= 4 is 34.9 Å². The monoisotopic (exact) mass is 336 g/mol. The third-order valence-electron chi connectivity index (χ3n) is 3.71. The van der Waals surface area contributed by atoms with Crippen LogP contribution in [0.5, 0.6) is 0 Å². The van der Waals surface area contributed by atoms with Gasteiger partial charge in [0.1, 0.15) is 5.82 Å². The van der Waals surface area contributed by atoms with Gasteiger partial charge in [-0.05, 0) is 42.5 Å². The zero-order valence-electron chi connectivity index (χ0n) is 12.6. The summed E-state index contributed by atoms with van der Waals surface area (Å²) in [4.78, 5) is 16.5. The Balaban J connectivity index is 1.75. The average Bonchev–Trinajstić information content (AvgIpc) is 2.59. The van der Waals surface area contributed by atoms with Crippen molar-refractivity contribution in [1.82, 2.24) is 0 Å². The molecule has 0 saturated heterocycles. The molecule has 1 N–H and O–H groups in total. The third kappa shape index (κ3) is 2.63. The molecule has 2 amide bonds. The summed E-state index contributed by atoms with van der Waals surface area (Å²) in [5, 5.41) is 2.77. The molecule has 0 unspecified atom stereocenters. The van der Waals surface area contributed by atoms with Gasteiger partial charge in [0, 0.05) is 15.5 Å². The van der Waals surface area contributed by atoms with Gasteiger partial charge in [-0.1, -0.05) is 42.1 Å². The Kier molecular flexibility index (Phi) is 3.70. The topological polar surface area (TPSA) is 32.3 Å². The second kappa shape index (κ2) is 6.02. The summed E-state index contributed by atoms with van der Waals surface area (Å²) in [6, 6.07) is 21.0. The quantitative estimate of drug-likeness (QED) is 0.622. The van der Waals surface area contributed by atoms with E-state index in [9.17, 15) is 9.18 Å². The first kappa shape index (κ1) is 14.8. The molecule has 0 aromatic heterocycles. The third-order valence-corrected chi connectivity index (χ3v) is 4.84. The Morgan fingerprint density at radius 1 is 0.875 bits per heavy atom. The Hall–Kier alpha value is -2.79. The molecule has 3 aromatic carbocycles. The number of carbonyl (C=O) groups excluding carboxylic acids is 1. The van der Waals surface area contributed by atoms with E-state index in [0.717, 1.165) is 21.2 Å². The van der Waals surface area contributed by atoms with E-state index in [1.165, 1.54) is 12.1 Å². The summed E-state index contributed by atoms with van der Waals surface area (Å²) in [7, 11) is 0. The molecule has 0 fully saturated rings. The van der Waals surface area contributed by atoms with E-state index in [1.807, 2.05) is 48.5 Å². The first-order chi connectivity index (χ1) is 11.7. The maximum Gasteiger partial charge on any atom is 0.331 e. The summed E-state index contributed by atoms with van der Waals surface area (Å²) < 4.78 is 13.4. The van der Waals surface area contributed by atoms with Crippen molar-refractivity contribution in [3.8, 4) is 0 Å². The van der Waals surface area contributed by atoms with Gasteiger partial charge < -0.3 is 5.32 Å². The molecule has 118 valence electrons. The number of amides is 2. The minimum absolute atomic E-state index is 0.319. The molecule has 4 rings (SSSR count). The highest BCUT2D eigenvalue weighted by atomic mass is 32.2. The van der Waals surface area contributed by atoms with E-state index in [-0.39, 0.29) is 11.8 Å². The minimum Gasteiger partial charge on any atom is -0.307 e. The lowest BCUT2D eigenvalue weighted by atomic mass is 10.2. The highest BCUT2D eigenvalue weighted by Crippen LogP contribution is 2.47. The van der Waals surface area contributed by atoms with Crippen molar-refractivity contribution in [2.45, 2.75) is 9.79 Å². The van der Waals surface area contributed by atoms with Crippen LogP contribution in [0.15, 0.2) is 82.6 Å². The maximum absolute atomic E-state index is 13.4. The van der Waals surface area contributed by atoms with Gasteiger partial charge in [0.2, 0.25) is 0 Å². The highest BCUT2D eigenvalue weighted by Gasteiger charge is 2.27. The number of benzene rings is 3. The molecular weight excluding hydrogens is 323 g/mol. The molecule has 3 nitrogen and oxygen atoms in total. The Morgan fingerprint density at radius 2 is 1.50 bits per heavy atom. The highest BCUT2D eigenvalue weighted by molar-refractivity contribution is 7.99. The van der Waals surface area contributed by atoms with Crippen LogP contribution >= 0.6 is 11.8 Å². The zero-order chi connectivity index (χ0) is 16.5. The molecule has 1 aliphatic rings. The summed E-state index contributed by atoms with van der Waals surface area (Å²) >= 11 is 1.63. The molecule has 3 aromatic rings. The van der Waals surface area contributed by atoms with E-state index in [0.29, 0.717) is 5.69 Å². The molecule has 0 radical (unpaired) electrons. The predicted octanol–water partition coefficient (Wildman–Crippen LogP) is 5.66. The summed E-state index contributed by atoms with van der Waals surface area (Å²) in [6.07, 6.45) is 0. The fourth-order valence-electron chi connectivity index (χ4n) is 2.67. The Labute approximate surface area is 143 Å². The van der Waals surface area contributed by atoms with E-state index in [1.54, 1.807) is 28.8 Å². The normalized spacial score (nSPS) is 12.3. The van der Waals surface area contributed by atoms with Gasteiger partial charge in [0.25, 0.3) is 0 Å². The summed E-state index contributed by atoms with van der Waals surface area (Å²) in [6.45, 7) is 0. The van der Waals surface area contributed by atoms with Crippen LogP contribution in [0.25, 0.3) is 0 Å². The zero-order valence-corrected chi connectivity index (χ0v) is 13.4. The number of nitrogens with zero attached hydrogens (tertiary/aromatic N) is 1. The first-order valence-corrected chi connectivity index (χ1v) is 8.26. The number of hydrogen-bond donors (Lipinski definition) is 1. The molecule has 0 aliphatic carbocycles. The number of nitrogens with one attached hydrogen (secondary N) is 1. The van der Waals surface area contributed by atoms with Crippen molar-refractivity contribution in [2.75, 3.05) is 10.2 Å². The van der Waals surface area contributed by atoms with Crippen LogP contribution in [-0.4, -0.2) is 6.03 Å². The fourth-order valence-corrected chi connectivity index (χ4v) is 3.73. The van der Waals surface area contributed by atoms with E-state index in [4.69, 9.17) is 0 Å². The van der Waals surface area contributed by atoms with Crippen molar-refractivity contribution in [1.29, 1.82) is 0 Å². The van der Waals surface area contributed by atoms with Gasteiger partial charge in [0.15, 0.2) is 0 Å². The SMILES string of the molecule is O=C(Nc1cccc(F)c1)N1c2ccccc2Sc2ccccc21. The second-order valence-electron chi connectivity index (χ2n) is 5.31. The van der Waals surface area contributed by atoms with Crippen LogP contribution in [0.4, 0.5) is 26.2 Å². The smallest absolute Gasteiger partial charge is 0.307 e. The van der Waals surface area contributed by atoms with Gasteiger partial charge in [-0.2, -0.15) is 0 Å². The van der Waals surface area contributed by atoms with Crippen molar-refractivity contribution in [3.05, 3.63) is 78.6 Å². The van der Waals surface area contributed by atoms with Gasteiger partial charge in [0.05, 0.1) is 11.4 Å². The molecule has 0 saturated carbocycles. The van der Waals surface area contributed by atoms with E-state index >= 15 is 0 Å². The predicted molar refractivity (Wildman–Crippen MR) is 94.6 cm³/mol. The summed E-state index contributed by atoms with van der Waals surface area (Å²) in [5.74, 6) is -0.386. The minimum atomic E-state index is -0.386. The average molecular weight is 336 g/mol. The van der Waals surface area contributed by atoms with Crippen LogP contribution in [-0.2, 0) is 0 Å². The van der Waals surface area contributed by atoms with E-state index < -0.39 is 0 Å². The molecule has 0 spiro atoms. The lowest BCUT2D eigenvalue weighted by molar-refractivity contribution is 0.259. The van der Waals surface area contributed by atoms with Gasteiger partial charge in [-0.25, -0.2) is 9.18 Å². The van der Waals surface area contributed by atoms with Crippen LogP contribution in [0.3, 0.4) is 0 Å². The molecule has 1 aliphatic heterocycles. The standard InChI is InChI=1S/C19H13FN2OS/c20-13-6-5-7-14(12-13)21-19(23)22-15-8-1-3-10-17(15)24-18-11-4-2-9-16(18)22/h1-12H,(H,21,23). The number of fused-ring (bicyclic) bond motifs is 2. The van der Waals surface area contributed by atoms with Crippen molar-refractivity contribution in [2.24, 2.45) is 0 Å². The largest absolute Gasteiger partial charge is 0.331 e. The number of halogens is 1. The lowest BCUT2D eigenvalue weighted by Gasteiger charge is -2.31. The van der Waals surface area contributed by atoms with E-state index in [2.05, 4.69) is 5.32 Å². The summed E-state index contributed by atoms with van der Waals surface area (Å²) in [5.41, 5.74) is 2.05.